The molecule has 2 aromatic rings. The third-order valence-corrected chi connectivity index (χ3v) is 3.20. The van der Waals surface area contributed by atoms with Crippen LogP contribution in [0.5, 0.6) is 5.75 Å². The van der Waals surface area contributed by atoms with Gasteiger partial charge in [0, 0.05) is 5.56 Å². The average molecular weight is 305 g/mol. The standard InChI is InChI=1S/C15H15NO4S/c1-21(18,19)16-15(17)14(12-8-4-2-5-9-12)20-13-10-6-3-7-11-13/h2-11,14H,1H3,(H,16,17). The van der Waals surface area contributed by atoms with Crippen LogP contribution in [0.3, 0.4) is 0 Å². The Labute approximate surface area is 123 Å². The molecule has 110 valence electrons. The van der Waals surface area contributed by atoms with Crippen molar-refractivity contribution in [3.63, 3.8) is 0 Å². The van der Waals surface area contributed by atoms with Gasteiger partial charge in [-0.05, 0) is 12.1 Å². The van der Waals surface area contributed by atoms with Crippen molar-refractivity contribution in [3.05, 3.63) is 66.2 Å². The second-order valence-corrected chi connectivity index (χ2v) is 6.21. The second kappa shape index (κ2) is 6.41. The van der Waals surface area contributed by atoms with Gasteiger partial charge in [-0.25, -0.2) is 13.1 Å². The van der Waals surface area contributed by atoms with Crippen LogP contribution in [0.4, 0.5) is 0 Å². The summed E-state index contributed by atoms with van der Waals surface area (Å²) in [5.41, 5.74) is 0.572. The summed E-state index contributed by atoms with van der Waals surface area (Å²) in [4.78, 5) is 12.1. The van der Waals surface area contributed by atoms with Crippen LogP contribution in [-0.4, -0.2) is 20.6 Å². The molecule has 0 heterocycles. The van der Waals surface area contributed by atoms with E-state index in [1.807, 2.05) is 10.8 Å². The van der Waals surface area contributed by atoms with Crippen LogP contribution < -0.4 is 9.46 Å². The minimum absolute atomic E-state index is 0.481. The molecule has 6 heteroatoms. The Morgan fingerprint density at radius 3 is 2.05 bits per heavy atom. The molecule has 21 heavy (non-hydrogen) atoms. The number of rotatable bonds is 5. The van der Waals surface area contributed by atoms with E-state index in [0.717, 1.165) is 6.26 Å². The second-order valence-electron chi connectivity index (χ2n) is 4.46. The number of para-hydroxylation sites is 1. The topological polar surface area (TPSA) is 72.5 Å². The average Bonchev–Trinajstić information content (AvgIpc) is 2.45. The molecule has 0 spiro atoms. The molecule has 1 unspecified atom stereocenters. The summed E-state index contributed by atoms with van der Waals surface area (Å²) < 4.78 is 30.1. The van der Waals surface area contributed by atoms with E-state index >= 15 is 0 Å². The van der Waals surface area contributed by atoms with Crippen LogP contribution in [0.25, 0.3) is 0 Å². The number of carbonyl (C=O) groups excluding carboxylic acids is 1. The summed E-state index contributed by atoms with van der Waals surface area (Å²) in [6.45, 7) is 0. The van der Waals surface area contributed by atoms with Gasteiger partial charge in [0.15, 0.2) is 0 Å². The predicted molar refractivity (Wildman–Crippen MR) is 79.2 cm³/mol. The number of benzene rings is 2. The molecule has 2 rings (SSSR count). The van der Waals surface area contributed by atoms with Crippen molar-refractivity contribution in [3.8, 4) is 5.75 Å². The third kappa shape index (κ3) is 4.61. The van der Waals surface area contributed by atoms with E-state index in [4.69, 9.17) is 4.74 Å². The fraction of sp³-hybridized carbons (Fsp3) is 0.133. The number of ether oxygens (including phenoxy) is 1. The van der Waals surface area contributed by atoms with Crippen LogP contribution >= 0.6 is 0 Å². The molecule has 0 aliphatic carbocycles. The molecule has 0 saturated heterocycles. The highest BCUT2D eigenvalue weighted by atomic mass is 32.2. The quantitative estimate of drug-likeness (QED) is 0.915. The molecule has 0 bridgehead atoms. The first-order valence-corrected chi connectivity index (χ1v) is 8.13. The molecule has 1 N–H and O–H groups in total. The van der Waals surface area contributed by atoms with E-state index in [0.29, 0.717) is 11.3 Å². The summed E-state index contributed by atoms with van der Waals surface area (Å²) >= 11 is 0. The third-order valence-electron chi connectivity index (χ3n) is 2.62. The van der Waals surface area contributed by atoms with Crippen LogP contribution in [0.1, 0.15) is 11.7 Å². The maximum Gasteiger partial charge on any atom is 0.279 e. The van der Waals surface area contributed by atoms with E-state index in [9.17, 15) is 13.2 Å². The molecule has 0 aliphatic rings. The fourth-order valence-corrected chi connectivity index (χ4v) is 2.24. The number of nitrogens with one attached hydrogen (secondary N) is 1. The summed E-state index contributed by atoms with van der Waals surface area (Å²) in [6, 6.07) is 17.5. The first kappa shape index (κ1) is 15.1. The zero-order valence-electron chi connectivity index (χ0n) is 11.4. The van der Waals surface area contributed by atoms with Gasteiger partial charge < -0.3 is 4.74 Å². The van der Waals surface area contributed by atoms with E-state index in [1.54, 1.807) is 54.6 Å². The first-order valence-electron chi connectivity index (χ1n) is 6.24. The van der Waals surface area contributed by atoms with Crippen LogP contribution in [0.2, 0.25) is 0 Å². The fourth-order valence-electron chi connectivity index (χ4n) is 1.77. The first-order chi connectivity index (χ1) is 9.96. The summed E-state index contributed by atoms with van der Waals surface area (Å²) in [7, 11) is -3.65. The summed E-state index contributed by atoms with van der Waals surface area (Å²) in [5.74, 6) is -0.248. The lowest BCUT2D eigenvalue weighted by atomic mass is 10.1. The highest BCUT2D eigenvalue weighted by Crippen LogP contribution is 2.22. The summed E-state index contributed by atoms with van der Waals surface area (Å²) in [5, 5.41) is 0. The number of sulfonamides is 1. The van der Waals surface area contributed by atoms with Crippen LogP contribution in [0, 0.1) is 0 Å². The van der Waals surface area contributed by atoms with Crippen molar-refractivity contribution >= 4 is 15.9 Å². The van der Waals surface area contributed by atoms with Gasteiger partial charge in [0.05, 0.1) is 6.26 Å². The molecule has 0 aromatic heterocycles. The Morgan fingerprint density at radius 1 is 1.00 bits per heavy atom. The molecule has 1 atom stereocenters. The zero-order valence-corrected chi connectivity index (χ0v) is 12.2. The van der Waals surface area contributed by atoms with E-state index in [-0.39, 0.29) is 0 Å². The molecular weight excluding hydrogens is 290 g/mol. The lowest BCUT2D eigenvalue weighted by Gasteiger charge is -2.18. The molecule has 5 nitrogen and oxygen atoms in total. The van der Waals surface area contributed by atoms with Crippen molar-refractivity contribution < 1.29 is 17.9 Å². The van der Waals surface area contributed by atoms with Crippen molar-refractivity contribution in [1.29, 1.82) is 0 Å². The number of carbonyl (C=O) groups is 1. The van der Waals surface area contributed by atoms with Gasteiger partial charge in [0.2, 0.25) is 16.1 Å². The Balaban J connectivity index is 2.29. The van der Waals surface area contributed by atoms with Crippen molar-refractivity contribution in [1.82, 2.24) is 4.72 Å². The van der Waals surface area contributed by atoms with E-state index in [2.05, 4.69) is 0 Å². The van der Waals surface area contributed by atoms with Gasteiger partial charge in [-0.2, -0.15) is 0 Å². The lowest BCUT2D eigenvalue weighted by molar-refractivity contribution is -0.126. The molecule has 0 radical (unpaired) electrons. The van der Waals surface area contributed by atoms with Gasteiger partial charge in [0.1, 0.15) is 5.75 Å². The largest absolute Gasteiger partial charge is 0.476 e. The minimum atomic E-state index is -3.65. The zero-order chi connectivity index (χ0) is 15.3. The van der Waals surface area contributed by atoms with Gasteiger partial charge in [-0.3, -0.25) is 4.79 Å². The minimum Gasteiger partial charge on any atom is -0.476 e. The van der Waals surface area contributed by atoms with E-state index < -0.39 is 22.0 Å². The van der Waals surface area contributed by atoms with Crippen molar-refractivity contribution in [2.75, 3.05) is 6.26 Å². The van der Waals surface area contributed by atoms with Crippen molar-refractivity contribution in [2.24, 2.45) is 0 Å². The Hall–Kier alpha value is -2.34. The number of hydrogen-bond acceptors (Lipinski definition) is 4. The monoisotopic (exact) mass is 305 g/mol. The number of amides is 1. The molecule has 0 saturated carbocycles. The molecule has 1 amide bonds. The highest BCUT2D eigenvalue weighted by Gasteiger charge is 2.25. The van der Waals surface area contributed by atoms with Crippen molar-refractivity contribution in [2.45, 2.75) is 6.10 Å². The maximum absolute atomic E-state index is 12.1. The van der Waals surface area contributed by atoms with E-state index in [1.165, 1.54) is 0 Å². The van der Waals surface area contributed by atoms with Gasteiger partial charge in [-0.1, -0.05) is 48.5 Å². The predicted octanol–water partition coefficient (Wildman–Crippen LogP) is 1.88. The molecule has 0 fully saturated rings. The molecular formula is C15H15NO4S. The van der Waals surface area contributed by atoms with Gasteiger partial charge in [-0.15, -0.1) is 0 Å². The Morgan fingerprint density at radius 2 is 1.52 bits per heavy atom. The molecule has 0 aliphatic heterocycles. The smallest absolute Gasteiger partial charge is 0.279 e. The molecule has 2 aromatic carbocycles. The van der Waals surface area contributed by atoms with Gasteiger partial charge in [0.25, 0.3) is 5.91 Å². The highest BCUT2D eigenvalue weighted by molar-refractivity contribution is 7.89. The Bertz CT molecular complexity index is 699. The van der Waals surface area contributed by atoms with Crippen LogP contribution in [-0.2, 0) is 14.8 Å². The van der Waals surface area contributed by atoms with Gasteiger partial charge >= 0.3 is 0 Å². The summed E-state index contributed by atoms with van der Waals surface area (Å²) in [6.07, 6.45) is -0.113. The maximum atomic E-state index is 12.1. The van der Waals surface area contributed by atoms with Crippen LogP contribution in [0.15, 0.2) is 60.7 Å². The number of hydrogen-bond donors (Lipinski definition) is 1. The SMILES string of the molecule is CS(=O)(=O)NC(=O)C(Oc1ccccc1)c1ccccc1. The normalized spacial score (nSPS) is 12.4. The Kier molecular flexibility index (Phi) is 4.59. The lowest BCUT2D eigenvalue weighted by Crippen LogP contribution is -2.36.